The summed E-state index contributed by atoms with van der Waals surface area (Å²) >= 11 is 0. The predicted molar refractivity (Wildman–Crippen MR) is 76.4 cm³/mol. The van der Waals surface area contributed by atoms with E-state index in [0.717, 1.165) is 12.1 Å². The molecular formula is C14H22N4O2. The van der Waals surface area contributed by atoms with E-state index in [1.807, 2.05) is 31.6 Å². The number of hydrogen-bond acceptors (Lipinski definition) is 3. The summed E-state index contributed by atoms with van der Waals surface area (Å²) in [6.07, 6.45) is 5.41. The number of amides is 2. The molecule has 1 aromatic heterocycles. The number of hydrogen-bond donors (Lipinski definition) is 1. The fourth-order valence-electron chi connectivity index (χ4n) is 2.33. The van der Waals surface area contributed by atoms with Crippen molar-refractivity contribution in [3.63, 3.8) is 0 Å². The molecule has 1 saturated heterocycles. The van der Waals surface area contributed by atoms with Crippen molar-refractivity contribution in [3.8, 4) is 0 Å². The van der Waals surface area contributed by atoms with Crippen molar-refractivity contribution in [3.05, 3.63) is 12.4 Å². The van der Waals surface area contributed by atoms with Crippen LogP contribution in [0.4, 0.5) is 5.69 Å². The second-order valence-electron chi connectivity index (χ2n) is 5.42. The molecule has 20 heavy (non-hydrogen) atoms. The van der Waals surface area contributed by atoms with E-state index in [9.17, 15) is 9.59 Å². The highest BCUT2D eigenvalue weighted by Gasteiger charge is 2.30. The molecule has 0 saturated carbocycles. The van der Waals surface area contributed by atoms with Gasteiger partial charge in [0, 0.05) is 25.2 Å². The van der Waals surface area contributed by atoms with Gasteiger partial charge in [0.2, 0.25) is 11.8 Å². The van der Waals surface area contributed by atoms with Crippen LogP contribution < -0.4 is 10.2 Å². The van der Waals surface area contributed by atoms with E-state index in [1.165, 1.54) is 0 Å². The van der Waals surface area contributed by atoms with Crippen LogP contribution in [0.2, 0.25) is 0 Å². The molecule has 1 N–H and O–H groups in total. The average molecular weight is 278 g/mol. The zero-order valence-electron chi connectivity index (χ0n) is 12.3. The smallest absolute Gasteiger partial charge is 0.249 e. The summed E-state index contributed by atoms with van der Waals surface area (Å²) in [7, 11) is 0. The van der Waals surface area contributed by atoms with E-state index in [1.54, 1.807) is 11.1 Å². The van der Waals surface area contributed by atoms with Gasteiger partial charge in [-0.2, -0.15) is 5.10 Å². The molecule has 0 radical (unpaired) electrons. The topological polar surface area (TPSA) is 67.2 Å². The molecular weight excluding hydrogens is 256 g/mol. The SMILES string of the molecule is CCCC1NC(=O)CCN(c2cnn(C(C)C)c2)C1=O. The molecule has 1 atom stereocenters. The van der Waals surface area contributed by atoms with E-state index >= 15 is 0 Å². The summed E-state index contributed by atoms with van der Waals surface area (Å²) in [4.78, 5) is 25.9. The van der Waals surface area contributed by atoms with Crippen LogP contribution in [-0.4, -0.2) is 34.2 Å². The lowest BCUT2D eigenvalue weighted by Gasteiger charge is -2.22. The van der Waals surface area contributed by atoms with E-state index in [-0.39, 0.29) is 17.9 Å². The molecule has 1 unspecified atom stereocenters. The van der Waals surface area contributed by atoms with Crippen molar-refractivity contribution >= 4 is 17.5 Å². The van der Waals surface area contributed by atoms with Crippen LogP contribution in [-0.2, 0) is 9.59 Å². The number of rotatable bonds is 4. The molecule has 0 aromatic carbocycles. The van der Waals surface area contributed by atoms with Crippen molar-refractivity contribution < 1.29 is 9.59 Å². The molecule has 2 rings (SSSR count). The second kappa shape index (κ2) is 6.07. The summed E-state index contributed by atoms with van der Waals surface area (Å²) < 4.78 is 1.82. The molecule has 2 heterocycles. The van der Waals surface area contributed by atoms with Gasteiger partial charge >= 0.3 is 0 Å². The minimum atomic E-state index is -0.419. The number of anilines is 1. The van der Waals surface area contributed by atoms with Crippen molar-refractivity contribution in [1.82, 2.24) is 15.1 Å². The minimum absolute atomic E-state index is 0.0407. The van der Waals surface area contributed by atoms with Crippen molar-refractivity contribution in [2.45, 2.75) is 52.1 Å². The van der Waals surface area contributed by atoms with Gasteiger partial charge in [0.05, 0.1) is 11.9 Å². The molecule has 1 fully saturated rings. The lowest BCUT2D eigenvalue weighted by molar-refractivity contribution is -0.125. The third-order valence-corrected chi connectivity index (χ3v) is 3.47. The standard InChI is InChI=1S/C14H22N4O2/c1-4-5-12-14(20)17(7-6-13(19)16-12)11-8-15-18(9-11)10(2)3/h8-10,12H,4-7H2,1-3H3,(H,16,19). The van der Waals surface area contributed by atoms with Crippen LogP contribution in [0, 0.1) is 0 Å². The molecule has 6 nitrogen and oxygen atoms in total. The van der Waals surface area contributed by atoms with E-state index in [0.29, 0.717) is 19.4 Å². The zero-order valence-corrected chi connectivity index (χ0v) is 12.3. The molecule has 0 aliphatic carbocycles. The lowest BCUT2D eigenvalue weighted by atomic mass is 10.1. The van der Waals surface area contributed by atoms with Gasteiger partial charge in [0.15, 0.2) is 0 Å². The van der Waals surface area contributed by atoms with Gasteiger partial charge in [-0.15, -0.1) is 0 Å². The predicted octanol–water partition coefficient (Wildman–Crippen LogP) is 1.49. The highest BCUT2D eigenvalue weighted by atomic mass is 16.2. The first-order chi connectivity index (χ1) is 9.52. The van der Waals surface area contributed by atoms with Crippen LogP contribution >= 0.6 is 0 Å². The van der Waals surface area contributed by atoms with Gasteiger partial charge in [0.1, 0.15) is 6.04 Å². The Kier molecular flexibility index (Phi) is 4.42. The molecule has 6 heteroatoms. The molecule has 1 aliphatic rings. The van der Waals surface area contributed by atoms with E-state index in [4.69, 9.17) is 0 Å². The largest absolute Gasteiger partial charge is 0.344 e. The van der Waals surface area contributed by atoms with Crippen molar-refractivity contribution in [2.75, 3.05) is 11.4 Å². The van der Waals surface area contributed by atoms with Crippen molar-refractivity contribution in [2.24, 2.45) is 0 Å². The molecule has 0 spiro atoms. The normalized spacial score (nSPS) is 20.2. The Bertz CT molecular complexity index is 495. The maximum Gasteiger partial charge on any atom is 0.249 e. The maximum atomic E-state index is 12.5. The third kappa shape index (κ3) is 3.00. The van der Waals surface area contributed by atoms with Crippen LogP contribution in [0.3, 0.4) is 0 Å². The average Bonchev–Trinajstić information content (AvgIpc) is 2.83. The van der Waals surface area contributed by atoms with E-state index in [2.05, 4.69) is 10.4 Å². The Balaban J connectivity index is 2.23. The van der Waals surface area contributed by atoms with Crippen LogP contribution in [0.25, 0.3) is 0 Å². The fourth-order valence-corrected chi connectivity index (χ4v) is 2.33. The highest BCUT2D eigenvalue weighted by molar-refractivity contribution is 6.01. The first kappa shape index (κ1) is 14.6. The van der Waals surface area contributed by atoms with Gasteiger partial charge in [0.25, 0.3) is 0 Å². The number of nitrogens with one attached hydrogen (secondary N) is 1. The lowest BCUT2D eigenvalue weighted by Crippen LogP contribution is -2.44. The van der Waals surface area contributed by atoms with Crippen LogP contribution in [0.1, 0.15) is 46.1 Å². The highest BCUT2D eigenvalue weighted by Crippen LogP contribution is 2.19. The van der Waals surface area contributed by atoms with E-state index < -0.39 is 6.04 Å². The Morgan fingerprint density at radius 2 is 2.20 bits per heavy atom. The number of carbonyl (C=O) groups excluding carboxylic acids is 2. The Labute approximate surface area is 119 Å². The summed E-state index contributed by atoms with van der Waals surface area (Å²) in [6, 6.07) is -0.172. The molecule has 1 aromatic rings. The Morgan fingerprint density at radius 3 is 2.80 bits per heavy atom. The monoisotopic (exact) mass is 278 g/mol. The number of carbonyl (C=O) groups is 2. The van der Waals surface area contributed by atoms with Gasteiger partial charge in [-0.1, -0.05) is 13.3 Å². The van der Waals surface area contributed by atoms with Gasteiger partial charge in [-0.25, -0.2) is 0 Å². The summed E-state index contributed by atoms with van der Waals surface area (Å²) in [5.41, 5.74) is 0.765. The van der Waals surface area contributed by atoms with Crippen molar-refractivity contribution in [1.29, 1.82) is 0 Å². The Morgan fingerprint density at radius 1 is 1.45 bits per heavy atom. The summed E-state index contributed by atoms with van der Waals surface area (Å²) in [5.74, 6) is -0.100. The summed E-state index contributed by atoms with van der Waals surface area (Å²) in [6.45, 7) is 6.48. The zero-order chi connectivity index (χ0) is 14.7. The summed E-state index contributed by atoms with van der Waals surface area (Å²) in [5, 5.41) is 7.06. The molecule has 1 aliphatic heterocycles. The molecule has 110 valence electrons. The third-order valence-electron chi connectivity index (χ3n) is 3.47. The second-order valence-corrected chi connectivity index (χ2v) is 5.42. The number of nitrogens with zero attached hydrogens (tertiary/aromatic N) is 3. The Hall–Kier alpha value is -1.85. The first-order valence-corrected chi connectivity index (χ1v) is 7.17. The van der Waals surface area contributed by atoms with Gasteiger partial charge < -0.3 is 10.2 Å². The van der Waals surface area contributed by atoms with Gasteiger partial charge in [-0.05, 0) is 20.3 Å². The van der Waals surface area contributed by atoms with Crippen LogP contribution in [0.5, 0.6) is 0 Å². The molecule has 2 amide bonds. The first-order valence-electron chi connectivity index (χ1n) is 7.17. The fraction of sp³-hybridized carbons (Fsp3) is 0.643. The minimum Gasteiger partial charge on any atom is -0.344 e. The number of aromatic nitrogens is 2. The molecule has 0 bridgehead atoms. The van der Waals surface area contributed by atoms with Crippen LogP contribution in [0.15, 0.2) is 12.4 Å². The van der Waals surface area contributed by atoms with Gasteiger partial charge in [-0.3, -0.25) is 14.3 Å². The maximum absolute atomic E-state index is 12.5. The quantitative estimate of drug-likeness (QED) is 0.907.